The largest absolute Gasteiger partial charge is 0.444 e. The van der Waals surface area contributed by atoms with Crippen molar-refractivity contribution in [2.45, 2.75) is 63.9 Å². The zero-order chi connectivity index (χ0) is 13.5. The summed E-state index contributed by atoms with van der Waals surface area (Å²) in [6, 6.07) is -0.0861. The number of fused-ring (bicyclic) bond motifs is 3. The van der Waals surface area contributed by atoms with Crippen LogP contribution < -0.4 is 5.32 Å². The first-order valence-electron chi connectivity index (χ1n) is 6.63. The van der Waals surface area contributed by atoms with E-state index in [0.29, 0.717) is 0 Å². The third kappa shape index (κ3) is 2.78. The van der Waals surface area contributed by atoms with E-state index in [0.717, 1.165) is 19.3 Å². The molecule has 3 aliphatic carbocycles. The van der Waals surface area contributed by atoms with Gasteiger partial charge in [0.2, 0.25) is 0 Å². The topological polar surface area (TPSA) is 78.8 Å². The number of hydrogen-bond donors (Lipinski definition) is 3. The van der Waals surface area contributed by atoms with Crippen molar-refractivity contribution < 1.29 is 19.7 Å². The molecule has 3 fully saturated rings. The van der Waals surface area contributed by atoms with Crippen LogP contribution >= 0.6 is 0 Å². The van der Waals surface area contributed by atoms with Crippen LogP contribution in [0.1, 0.15) is 40.0 Å². The van der Waals surface area contributed by atoms with Gasteiger partial charge in [0, 0.05) is 12.0 Å². The third-order valence-electron chi connectivity index (χ3n) is 3.92. The SMILES string of the molecule is CC(C)(C)OC(=O)N[C@@H]1C[C@H]2CC[C@@H]1[C@H](O)[C@@H]2O. The Morgan fingerprint density at radius 2 is 1.89 bits per heavy atom. The Bertz CT molecular complexity index is 323. The maximum absolute atomic E-state index is 11.7. The zero-order valence-electron chi connectivity index (χ0n) is 11.2. The van der Waals surface area contributed by atoms with Gasteiger partial charge in [-0.1, -0.05) is 0 Å². The van der Waals surface area contributed by atoms with E-state index in [2.05, 4.69) is 5.32 Å². The molecule has 0 radical (unpaired) electrons. The predicted molar refractivity (Wildman–Crippen MR) is 66.0 cm³/mol. The van der Waals surface area contributed by atoms with E-state index in [-0.39, 0.29) is 17.9 Å². The van der Waals surface area contributed by atoms with Crippen LogP contribution in [-0.4, -0.2) is 40.2 Å². The molecule has 2 bridgehead atoms. The van der Waals surface area contributed by atoms with E-state index in [1.165, 1.54) is 0 Å². The number of carbonyl (C=O) groups is 1. The smallest absolute Gasteiger partial charge is 0.407 e. The molecular weight excluding hydrogens is 234 g/mol. The lowest BCUT2D eigenvalue weighted by Crippen LogP contribution is -2.59. The quantitative estimate of drug-likeness (QED) is 0.655. The molecule has 3 rings (SSSR count). The highest BCUT2D eigenvalue weighted by atomic mass is 16.6. The van der Waals surface area contributed by atoms with Gasteiger partial charge < -0.3 is 20.3 Å². The standard InChI is InChI=1S/C13H23NO4/c1-13(2,3)18-12(17)14-9-6-7-4-5-8(9)11(16)10(7)15/h7-11,15-16H,4-6H2,1-3H3,(H,14,17)/t7-,8+,9-,10-,11+/m1/s1. The van der Waals surface area contributed by atoms with Crippen molar-refractivity contribution in [3.8, 4) is 0 Å². The molecule has 0 heterocycles. The molecule has 18 heavy (non-hydrogen) atoms. The van der Waals surface area contributed by atoms with Crippen LogP contribution in [0, 0.1) is 11.8 Å². The van der Waals surface area contributed by atoms with Gasteiger partial charge in [0.25, 0.3) is 0 Å². The van der Waals surface area contributed by atoms with Crippen LogP contribution in [0.15, 0.2) is 0 Å². The number of hydrogen-bond acceptors (Lipinski definition) is 4. The number of aliphatic hydroxyl groups is 2. The molecule has 104 valence electrons. The first-order chi connectivity index (χ1) is 8.28. The van der Waals surface area contributed by atoms with Crippen LogP contribution in [0.2, 0.25) is 0 Å². The number of aliphatic hydroxyl groups excluding tert-OH is 2. The lowest BCUT2D eigenvalue weighted by atomic mass is 9.64. The fraction of sp³-hybridized carbons (Fsp3) is 0.923. The molecule has 0 aliphatic heterocycles. The second-order valence-corrected chi connectivity index (χ2v) is 6.47. The van der Waals surface area contributed by atoms with Crippen LogP contribution in [0.4, 0.5) is 4.79 Å². The molecule has 0 unspecified atom stereocenters. The molecule has 3 aliphatic rings. The first-order valence-corrected chi connectivity index (χ1v) is 6.63. The van der Waals surface area contributed by atoms with Crippen LogP contribution in [-0.2, 0) is 4.74 Å². The molecule has 0 aromatic rings. The third-order valence-corrected chi connectivity index (χ3v) is 3.92. The highest BCUT2D eigenvalue weighted by Gasteiger charge is 2.48. The second kappa shape index (κ2) is 4.70. The molecule has 3 N–H and O–H groups in total. The summed E-state index contributed by atoms with van der Waals surface area (Å²) < 4.78 is 5.22. The Balaban J connectivity index is 1.93. The highest BCUT2D eigenvalue weighted by Crippen LogP contribution is 2.41. The fourth-order valence-electron chi connectivity index (χ4n) is 3.10. The monoisotopic (exact) mass is 257 g/mol. The van der Waals surface area contributed by atoms with Gasteiger partial charge >= 0.3 is 6.09 Å². The van der Waals surface area contributed by atoms with E-state index in [1.807, 2.05) is 20.8 Å². The molecule has 0 aromatic heterocycles. The molecule has 5 nitrogen and oxygen atoms in total. The van der Waals surface area contributed by atoms with Crippen molar-refractivity contribution in [2.75, 3.05) is 0 Å². The van der Waals surface area contributed by atoms with Crippen LogP contribution in [0.3, 0.4) is 0 Å². The summed E-state index contributed by atoms with van der Waals surface area (Å²) >= 11 is 0. The predicted octanol–water partition coefficient (Wildman–Crippen LogP) is 1.03. The summed E-state index contributed by atoms with van der Waals surface area (Å²) in [6.45, 7) is 5.45. The zero-order valence-corrected chi connectivity index (χ0v) is 11.2. The Morgan fingerprint density at radius 1 is 1.22 bits per heavy atom. The maximum atomic E-state index is 11.7. The van der Waals surface area contributed by atoms with Crippen LogP contribution in [0.5, 0.6) is 0 Å². The van der Waals surface area contributed by atoms with Crippen molar-refractivity contribution in [1.82, 2.24) is 5.32 Å². The van der Waals surface area contributed by atoms with Crippen molar-refractivity contribution >= 4 is 6.09 Å². The number of amides is 1. The molecule has 1 amide bonds. The van der Waals surface area contributed by atoms with Gasteiger partial charge in [-0.25, -0.2) is 4.79 Å². The van der Waals surface area contributed by atoms with Crippen molar-refractivity contribution in [3.05, 3.63) is 0 Å². The first kappa shape index (κ1) is 13.6. The Hall–Kier alpha value is -0.810. The number of ether oxygens (including phenoxy) is 1. The summed E-state index contributed by atoms with van der Waals surface area (Å²) in [7, 11) is 0. The average molecular weight is 257 g/mol. The molecule has 0 spiro atoms. The normalized spacial score (nSPS) is 39.5. The molecule has 0 aromatic carbocycles. The molecular formula is C13H23NO4. The Labute approximate surface area is 108 Å². The summed E-state index contributed by atoms with van der Waals surface area (Å²) in [5.41, 5.74) is -0.518. The van der Waals surface area contributed by atoms with Crippen molar-refractivity contribution in [3.63, 3.8) is 0 Å². The van der Waals surface area contributed by atoms with Gasteiger partial charge in [-0.3, -0.25) is 0 Å². The van der Waals surface area contributed by atoms with Gasteiger partial charge in [0.05, 0.1) is 12.2 Å². The van der Waals surface area contributed by atoms with Crippen LogP contribution in [0.25, 0.3) is 0 Å². The molecule has 3 saturated carbocycles. The van der Waals surface area contributed by atoms with Crippen molar-refractivity contribution in [2.24, 2.45) is 11.8 Å². The summed E-state index contributed by atoms with van der Waals surface area (Å²) in [5, 5.41) is 22.6. The fourth-order valence-corrected chi connectivity index (χ4v) is 3.10. The van der Waals surface area contributed by atoms with Gasteiger partial charge in [0.1, 0.15) is 5.60 Å². The summed E-state index contributed by atoms with van der Waals surface area (Å²) in [6.07, 6.45) is 0.695. The van der Waals surface area contributed by atoms with E-state index < -0.39 is 23.9 Å². The minimum Gasteiger partial charge on any atom is -0.444 e. The van der Waals surface area contributed by atoms with E-state index in [9.17, 15) is 15.0 Å². The van der Waals surface area contributed by atoms with E-state index >= 15 is 0 Å². The van der Waals surface area contributed by atoms with Gasteiger partial charge in [-0.2, -0.15) is 0 Å². The Kier molecular flexibility index (Phi) is 3.56. The van der Waals surface area contributed by atoms with Gasteiger partial charge in [-0.15, -0.1) is 0 Å². The summed E-state index contributed by atoms with van der Waals surface area (Å²) in [5.74, 6) is 0.0301. The average Bonchev–Trinajstić information content (AvgIpc) is 2.22. The molecule has 5 heteroatoms. The minimum absolute atomic E-state index is 0.0579. The highest BCUT2D eigenvalue weighted by molar-refractivity contribution is 5.68. The number of carbonyl (C=O) groups excluding carboxylic acids is 1. The minimum atomic E-state index is -0.725. The maximum Gasteiger partial charge on any atom is 0.407 e. The van der Waals surface area contributed by atoms with E-state index in [1.54, 1.807) is 0 Å². The second-order valence-electron chi connectivity index (χ2n) is 6.47. The summed E-state index contributed by atoms with van der Waals surface area (Å²) in [4.78, 5) is 11.7. The number of nitrogens with one attached hydrogen (secondary N) is 1. The van der Waals surface area contributed by atoms with Crippen molar-refractivity contribution in [1.29, 1.82) is 0 Å². The van der Waals surface area contributed by atoms with Gasteiger partial charge in [0.15, 0.2) is 0 Å². The van der Waals surface area contributed by atoms with Gasteiger partial charge in [-0.05, 0) is 46.0 Å². The lowest BCUT2D eigenvalue weighted by Gasteiger charge is -2.48. The number of rotatable bonds is 1. The Morgan fingerprint density at radius 3 is 2.44 bits per heavy atom. The molecule has 0 saturated heterocycles. The number of alkyl carbamates (subject to hydrolysis) is 1. The van der Waals surface area contributed by atoms with E-state index in [4.69, 9.17) is 4.74 Å². The lowest BCUT2D eigenvalue weighted by molar-refractivity contribution is -0.120. The molecule has 5 atom stereocenters.